The van der Waals surface area contributed by atoms with Crippen LogP contribution in [-0.4, -0.2) is 27.1 Å². The summed E-state index contributed by atoms with van der Waals surface area (Å²) in [6.45, 7) is 5.40. The number of hydrogen-bond donors (Lipinski definition) is 1. The van der Waals surface area contributed by atoms with Gasteiger partial charge in [-0.2, -0.15) is 4.37 Å². The summed E-state index contributed by atoms with van der Waals surface area (Å²) in [5.74, 6) is 1.53. The first-order valence-corrected chi connectivity index (χ1v) is 9.23. The highest BCUT2D eigenvalue weighted by Gasteiger charge is 2.29. The lowest BCUT2D eigenvalue weighted by Gasteiger charge is -2.25. The van der Waals surface area contributed by atoms with Crippen molar-refractivity contribution < 1.29 is 5.11 Å². The Hall–Kier alpha value is -1.46. The lowest BCUT2D eigenvalue weighted by molar-refractivity contribution is 0.158. The third-order valence-corrected chi connectivity index (χ3v) is 5.14. The van der Waals surface area contributed by atoms with Crippen LogP contribution in [0.3, 0.4) is 0 Å². The van der Waals surface area contributed by atoms with Crippen molar-refractivity contribution in [2.24, 2.45) is 5.92 Å². The molecule has 0 spiro atoms. The second-order valence-electron chi connectivity index (χ2n) is 6.74. The van der Waals surface area contributed by atoms with Crippen molar-refractivity contribution in [2.75, 3.05) is 11.4 Å². The van der Waals surface area contributed by atoms with Gasteiger partial charge < -0.3 is 10.0 Å². The van der Waals surface area contributed by atoms with E-state index in [0.717, 1.165) is 48.7 Å². The maximum Gasteiger partial charge on any atom is 0.205 e. The maximum atomic E-state index is 10.5. The molecule has 2 atom stereocenters. The molecule has 124 valence electrons. The SMILES string of the molecule is CC(C)Cc1nsc(N2CCCC2CC(O)c2ccccc2)n1. The van der Waals surface area contributed by atoms with Crippen LogP contribution in [0, 0.1) is 5.92 Å². The first-order valence-electron chi connectivity index (χ1n) is 8.45. The zero-order valence-electron chi connectivity index (χ0n) is 13.9. The van der Waals surface area contributed by atoms with Gasteiger partial charge in [0.15, 0.2) is 0 Å². The Morgan fingerprint density at radius 1 is 1.30 bits per heavy atom. The Labute approximate surface area is 142 Å². The largest absolute Gasteiger partial charge is 0.388 e. The van der Waals surface area contributed by atoms with E-state index in [-0.39, 0.29) is 0 Å². The molecule has 4 nitrogen and oxygen atoms in total. The van der Waals surface area contributed by atoms with Gasteiger partial charge in [-0.05, 0) is 30.7 Å². The van der Waals surface area contributed by atoms with Crippen molar-refractivity contribution in [1.82, 2.24) is 9.36 Å². The summed E-state index contributed by atoms with van der Waals surface area (Å²) < 4.78 is 4.50. The van der Waals surface area contributed by atoms with Crippen LogP contribution < -0.4 is 4.90 Å². The fourth-order valence-electron chi connectivity index (χ4n) is 3.21. The molecule has 1 N–H and O–H groups in total. The minimum atomic E-state index is -0.412. The molecule has 2 unspecified atom stereocenters. The predicted octanol–water partition coefficient (Wildman–Crippen LogP) is 3.83. The molecule has 1 aliphatic heterocycles. The van der Waals surface area contributed by atoms with Gasteiger partial charge in [0.1, 0.15) is 5.82 Å². The fraction of sp³-hybridized carbons (Fsp3) is 0.556. The minimum Gasteiger partial charge on any atom is -0.388 e. The third-order valence-electron chi connectivity index (χ3n) is 4.35. The maximum absolute atomic E-state index is 10.5. The van der Waals surface area contributed by atoms with Crippen LogP contribution in [0.1, 0.15) is 50.6 Å². The lowest BCUT2D eigenvalue weighted by Crippen LogP contribution is -2.30. The Morgan fingerprint density at radius 2 is 2.09 bits per heavy atom. The molecule has 1 aromatic heterocycles. The lowest BCUT2D eigenvalue weighted by atomic mass is 10.0. The van der Waals surface area contributed by atoms with Gasteiger partial charge in [0.2, 0.25) is 5.13 Å². The first kappa shape index (κ1) is 16.4. The van der Waals surface area contributed by atoms with Gasteiger partial charge in [0.25, 0.3) is 0 Å². The summed E-state index contributed by atoms with van der Waals surface area (Å²) >= 11 is 1.50. The van der Waals surface area contributed by atoms with E-state index >= 15 is 0 Å². The standard InChI is InChI=1S/C18H25N3OS/c1-13(2)11-17-19-18(23-20-17)21-10-6-9-15(21)12-16(22)14-7-4-3-5-8-14/h3-5,7-8,13,15-16,22H,6,9-12H2,1-2H3. The van der Waals surface area contributed by atoms with Gasteiger partial charge in [0, 0.05) is 30.5 Å². The Morgan fingerprint density at radius 3 is 2.83 bits per heavy atom. The van der Waals surface area contributed by atoms with Crippen molar-refractivity contribution in [1.29, 1.82) is 0 Å². The number of anilines is 1. The summed E-state index contributed by atoms with van der Waals surface area (Å²) in [6.07, 6.45) is 3.55. The summed E-state index contributed by atoms with van der Waals surface area (Å²) in [4.78, 5) is 7.06. The van der Waals surface area contributed by atoms with Gasteiger partial charge in [0.05, 0.1) is 6.10 Å². The van der Waals surface area contributed by atoms with E-state index in [9.17, 15) is 5.11 Å². The highest BCUT2D eigenvalue weighted by atomic mass is 32.1. The molecule has 2 aromatic rings. The van der Waals surface area contributed by atoms with Crippen LogP contribution in [0.15, 0.2) is 30.3 Å². The molecule has 1 aromatic carbocycles. The van der Waals surface area contributed by atoms with Gasteiger partial charge >= 0.3 is 0 Å². The minimum absolute atomic E-state index is 0.352. The first-order chi connectivity index (χ1) is 11.1. The Kier molecular flexibility index (Phi) is 5.28. The molecular weight excluding hydrogens is 306 g/mol. The highest BCUT2D eigenvalue weighted by molar-refractivity contribution is 7.09. The number of aliphatic hydroxyl groups excluding tert-OH is 1. The van der Waals surface area contributed by atoms with Crippen LogP contribution in [0.4, 0.5) is 5.13 Å². The molecule has 23 heavy (non-hydrogen) atoms. The van der Waals surface area contributed by atoms with Crippen LogP contribution in [0.2, 0.25) is 0 Å². The predicted molar refractivity (Wildman–Crippen MR) is 94.8 cm³/mol. The molecule has 0 saturated carbocycles. The molecule has 3 rings (SSSR count). The zero-order chi connectivity index (χ0) is 16.2. The van der Waals surface area contributed by atoms with Crippen molar-refractivity contribution in [3.8, 4) is 0 Å². The topological polar surface area (TPSA) is 49.2 Å². The second-order valence-corrected chi connectivity index (χ2v) is 7.47. The second kappa shape index (κ2) is 7.41. The molecule has 5 heteroatoms. The fourth-order valence-corrected chi connectivity index (χ4v) is 4.00. The van der Waals surface area contributed by atoms with Crippen LogP contribution in [0.25, 0.3) is 0 Å². The molecule has 0 amide bonds. The smallest absolute Gasteiger partial charge is 0.205 e. The number of aromatic nitrogens is 2. The van der Waals surface area contributed by atoms with Crippen molar-refractivity contribution in [2.45, 2.75) is 51.7 Å². The Balaban J connectivity index is 1.67. The molecule has 1 aliphatic rings. The number of hydrogen-bond acceptors (Lipinski definition) is 5. The van der Waals surface area contributed by atoms with Crippen molar-refractivity contribution in [3.05, 3.63) is 41.7 Å². The summed E-state index contributed by atoms with van der Waals surface area (Å²) in [6, 6.07) is 10.3. The molecule has 0 bridgehead atoms. The van der Waals surface area contributed by atoms with E-state index in [2.05, 4.69) is 23.1 Å². The zero-order valence-corrected chi connectivity index (χ0v) is 14.7. The number of benzene rings is 1. The van der Waals surface area contributed by atoms with E-state index in [1.54, 1.807) is 0 Å². The van der Waals surface area contributed by atoms with Gasteiger partial charge in [-0.25, -0.2) is 4.98 Å². The van der Waals surface area contributed by atoms with Crippen LogP contribution in [-0.2, 0) is 6.42 Å². The molecule has 0 aliphatic carbocycles. The van der Waals surface area contributed by atoms with Crippen LogP contribution >= 0.6 is 11.5 Å². The average Bonchev–Trinajstić information content (AvgIpc) is 3.16. The molecule has 0 radical (unpaired) electrons. The molecular formula is C18H25N3OS. The van der Waals surface area contributed by atoms with Gasteiger partial charge in [-0.15, -0.1) is 0 Å². The summed E-state index contributed by atoms with van der Waals surface area (Å²) in [5.41, 5.74) is 0.997. The normalized spacial score (nSPS) is 19.5. The molecule has 1 saturated heterocycles. The molecule has 2 heterocycles. The van der Waals surface area contributed by atoms with E-state index in [1.807, 2.05) is 30.3 Å². The number of aliphatic hydroxyl groups is 1. The number of nitrogens with zero attached hydrogens (tertiary/aromatic N) is 3. The van der Waals surface area contributed by atoms with E-state index in [4.69, 9.17) is 4.98 Å². The molecule has 1 fully saturated rings. The van der Waals surface area contributed by atoms with E-state index in [0.29, 0.717) is 12.0 Å². The monoisotopic (exact) mass is 331 g/mol. The van der Waals surface area contributed by atoms with E-state index in [1.165, 1.54) is 11.5 Å². The summed E-state index contributed by atoms with van der Waals surface area (Å²) in [7, 11) is 0. The average molecular weight is 331 g/mol. The van der Waals surface area contributed by atoms with Crippen molar-refractivity contribution in [3.63, 3.8) is 0 Å². The summed E-state index contributed by atoms with van der Waals surface area (Å²) in [5, 5.41) is 11.5. The van der Waals surface area contributed by atoms with Crippen LogP contribution in [0.5, 0.6) is 0 Å². The van der Waals surface area contributed by atoms with Gasteiger partial charge in [-0.1, -0.05) is 44.2 Å². The third kappa shape index (κ3) is 4.09. The van der Waals surface area contributed by atoms with E-state index < -0.39 is 6.10 Å². The van der Waals surface area contributed by atoms with Gasteiger partial charge in [-0.3, -0.25) is 0 Å². The van der Waals surface area contributed by atoms with Crippen molar-refractivity contribution >= 4 is 16.7 Å². The Bertz CT molecular complexity index is 614. The quantitative estimate of drug-likeness (QED) is 0.874. The number of rotatable bonds is 6. The highest BCUT2D eigenvalue weighted by Crippen LogP contribution is 2.32.